The largest absolute Gasteiger partial charge is 0.294 e. The number of nitrogens with zero attached hydrogens (tertiary/aromatic N) is 2. The summed E-state index contributed by atoms with van der Waals surface area (Å²) in [4.78, 5) is 12.1. The highest BCUT2D eigenvalue weighted by Crippen LogP contribution is 2.27. The minimum atomic E-state index is 0.219. The van der Waals surface area contributed by atoms with Gasteiger partial charge >= 0.3 is 0 Å². The summed E-state index contributed by atoms with van der Waals surface area (Å²) >= 11 is 0. The molecule has 105 valence electrons. The van der Waals surface area contributed by atoms with Gasteiger partial charge in [0.2, 0.25) is 0 Å². The molecule has 21 heavy (non-hydrogen) atoms. The topological polar surface area (TPSA) is 43.5 Å². The molecule has 0 bridgehead atoms. The summed E-state index contributed by atoms with van der Waals surface area (Å²) in [6.45, 7) is 2.10. The first-order chi connectivity index (χ1) is 10.3. The summed E-state index contributed by atoms with van der Waals surface area (Å²) < 4.78 is 0. The fraction of sp³-hybridized carbons (Fsp3) is 0.222. The molecule has 3 nitrogen and oxygen atoms in total. The van der Waals surface area contributed by atoms with Gasteiger partial charge in [-0.1, -0.05) is 37.6 Å². The molecule has 2 aromatic rings. The summed E-state index contributed by atoms with van der Waals surface area (Å²) in [5.41, 5.74) is 8.88. The molecule has 0 aromatic heterocycles. The lowest BCUT2D eigenvalue weighted by Gasteiger charge is -2.06. The second kappa shape index (κ2) is 5.92. The van der Waals surface area contributed by atoms with E-state index in [9.17, 15) is 4.79 Å². The van der Waals surface area contributed by atoms with E-state index in [1.54, 1.807) is 6.21 Å². The van der Waals surface area contributed by atoms with E-state index in [4.69, 9.17) is 0 Å². The number of unbranched alkanes of at least 4 members (excludes halogenated alkanes) is 1. The van der Waals surface area contributed by atoms with Crippen LogP contribution in [0.1, 0.15) is 42.1 Å². The van der Waals surface area contributed by atoms with E-state index in [1.165, 1.54) is 0 Å². The number of Topliss-reactive ketones (excluding diaryl/α,β-unsaturated/α-hetero) is 1. The van der Waals surface area contributed by atoms with Crippen LogP contribution in [0.15, 0.2) is 47.6 Å². The first-order valence-electron chi connectivity index (χ1n) is 7.29. The minimum absolute atomic E-state index is 0.219. The van der Waals surface area contributed by atoms with E-state index < -0.39 is 0 Å². The van der Waals surface area contributed by atoms with Crippen LogP contribution in [0, 0.1) is 0 Å². The van der Waals surface area contributed by atoms with Crippen LogP contribution in [-0.4, -0.2) is 12.0 Å². The standard InChI is InChI=1S/C18H17N2O/c1-2-3-7-18(21)15-6-4-5-13(10-15)14-8-9-17-16(11-14)12-19-20-17/h4-6,8-12H,2-3,7H2,1H3. The summed E-state index contributed by atoms with van der Waals surface area (Å²) in [5, 5.41) is 3.91. The summed E-state index contributed by atoms with van der Waals surface area (Å²) in [6, 6.07) is 13.9. The van der Waals surface area contributed by atoms with Gasteiger partial charge in [-0.05, 0) is 35.7 Å². The number of rotatable bonds is 5. The third kappa shape index (κ3) is 2.87. The van der Waals surface area contributed by atoms with Crippen LogP contribution in [0.3, 0.4) is 0 Å². The third-order valence-corrected chi connectivity index (χ3v) is 3.67. The van der Waals surface area contributed by atoms with Crippen molar-refractivity contribution in [2.45, 2.75) is 26.2 Å². The maximum absolute atomic E-state index is 12.1. The van der Waals surface area contributed by atoms with Crippen molar-refractivity contribution in [2.75, 3.05) is 0 Å². The zero-order valence-corrected chi connectivity index (χ0v) is 12.0. The number of hydrogen-bond donors (Lipinski definition) is 0. The van der Waals surface area contributed by atoms with Crippen LogP contribution in [0.4, 0.5) is 5.69 Å². The van der Waals surface area contributed by atoms with Gasteiger partial charge in [-0.2, -0.15) is 10.5 Å². The normalized spacial score (nSPS) is 12.0. The van der Waals surface area contributed by atoms with Gasteiger partial charge < -0.3 is 0 Å². The van der Waals surface area contributed by atoms with Gasteiger partial charge in [-0.3, -0.25) is 4.79 Å². The van der Waals surface area contributed by atoms with Crippen LogP contribution in [-0.2, 0) is 0 Å². The number of benzene rings is 2. The van der Waals surface area contributed by atoms with Gasteiger partial charge in [-0.25, -0.2) is 0 Å². The average Bonchev–Trinajstić information content (AvgIpc) is 3.00. The second-order valence-electron chi connectivity index (χ2n) is 5.23. The van der Waals surface area contributed by atoms with Crippen LogP contribution in [0.5, 0.6) is 0 Å². The Balaban J connectivity index is 1.89. The first kappa shape index (κ1) is 13.6. The Bertz CT molecular complexity index is 704. The highest BCUT2D eigenvalue weighted by molar-refractivity contribution is 5.97. The predicted octanol–water partition coefficient (Wildman–Crippen LogP) is 4.31. The Kier molecular flexibility index (Phi) is 3.82. The summed E-state index contributed by atoms with van der Waals surface area (Å²) in [7, 11) is 0. The highest BCUT2D eigenvalue weighted by atomic mass is 16.1. The second-order valence-corrected chi connectivity index (χ2v) is 5.23. The lowest BCUT2D eigenvalue weighted by Crippen LogP contribution is -1.98. The molecule has 1 aliphatic heterocycles. The average molecular weight is 277 g/mol. The van der Waals surface area contributed by atoms with E-state index >= 15 is 0 Å². The van der Waals surface area contributed by atoms with Crippen LogP contribution >= 0.6 is 0 Å². The number of carbonyl (C=O) groups is 1. The highest BCUT2D eigenvalue weighted by Gasteiger charge is 2.11. The summed E-state index contributed by atoms with van der Waals surface area (Å²) in [5.74, 6) is 0.219. The fourth-order valence-corrected chi connectivity index (χ4v) is 2.44. The fourth-order valence-electron chi connectivity index (χ4n) is 2.44. The molecule has 0 N–H and O–H groups in total. The zero-order chi connectivity index (χ0) is 14.7. The number of carbonyl (C=O) groups excluding carboxylic acids is 1. The summed E-state index contributed by atoms with van der Waals surface area (Å²) in [6.07, 6.45) is 4.36. The molecule has 0 unspecified atom stereocenters. The molecule has 2 aromatic carbocycles. The lowest BCUT2D eigenvalue weighted by molar-refractivity contribution is 0.0980. The van der Waals surface area contributed by atoms with Crippen LogP contribution in [0.2, 0.25) is 0 Å². The Morgan fingerprint density at radius 1 is 1.10 bits per heavy atom. The molecule has 0 fully saturated rings. The molecule has 1 heterocycles. The molecule has 0 spiro atoms. The molecule has 1 aliphatic rings. The van der Waals surface area contributed by atoms with Gasteiger partial charge in [0, 0.05) is 17.5 Å². The molecule has 0 aliphatic carbocycles. The van der Waals surface area contributed by atoms with Crippen molar-refractivity contribution in [3.05, 3.63) is 53.6 Å². The van der Waals surface area contributed by atoms with E-state index in [0.29, 0.717) is 6.42 Å². The monoisotopic (exact) mass is 277 g/mol. The Hall–Kier alpha value is -2.42. The first-order valence-corrected chi connectivity index (χ1v) is 7.29. The quantitative estimate of drug-likeness (QED) is 0.751. The van der Waals surface area contributed by atoms with Crippen molar-refractivity contribution in [1.82, 2.24) is 5.43 Å². The molecule has 3 rings (SSSR count). The van der Waals surface area contributed by atoms with Gasteiger partial charge in [0.25, 0.3) is 0 Å². The number of ketones is 1. The van der Waals surface area contributed by atoms with Gasteiger partial charge in [0.15, 0.2) is 5.78 Å². The maximum atomic E-state index is 12.1. The Morgan fingerprint density at radius 3 is 2.81 bits per heavy atom. The molecular weight excluding hydrogens is 260 g/mol. The molecular formula is C18H17N2O. The van der Waals surface area contributed by atoms with Crippen molar-refractivity contribution >= 4 is 17.7 Å². The zero-order valence-electron chi connectivity index (χ0n) is 12.0. The maximum Gasteiger partial charge on any atom is 0.162 e. The number of hydrogen-bond acceptors (Lipinski definition) is 2. The molecule has 3 heteroatoms. The van der Waals surface area contributed by atoms with Crippen molar-refractivity contribution in [3.63, 3.8) is 0 Å². The van der Waals surface area contributed by atoms with Crippen molar-refractivity contribution < 1.29 is 4.79 Å². The SMILES string of the molecule is CCCCC(=O)c1cccc(-c2ccc3c(c2)C=N[N]3)c1. The smallest absolute Gasteiger partial charge is 0.162 e. The van der Waals surface area contributed by atoms with Gasteiger partial charge in [-0.15, -0.1) is 0 Å². The van der Waals surface area contributed by atoms with Crippen molar-refractivity contribution in [3.8, 4) is 11.1 Å². The molecule has 0 saturated heterocycles. The Labute approximate surface area is 124 Å². The lowest BCUT2D eigenvalue weighted by atomic mass is 9.98. The number of fused-ring (bicyclic) bond motifs is 1. The van der Waals surface area contributed by atoms with Gasteiger partial charge in [0.1, 0.15) is 0 Å². The third-order valence-electron chi connectivity index (χ3n) is 3.67. The van der Waals surface area contributed by atoms with Crippen LogP contribution in [0.25, 0.3) is 11.1 Å². The molecule has 0 saturated carbocycles. The molecule has 0 atom stereocenters. The minimum Gasteiger partial charge on any atom is -0.294 e. The molecule has 0 amide bonds. The van der Waals surface area contributed by atoms with E-state index in [1.807, 2.05) is 36.4 Å². The van der Waals surface area contributed by atoms with Crippen LogP contribution < -0.4 is 5.43 Å². The predicted molar refractivity (Wildman–Crippen MR) is 85.1 cm³/mol. The Morgan fingerprint density at radius 2 is 1.95 bits per heavy atom. The van der Waals surface area contributed by atoms with Crippen molar-refractivity contribution in [1.29, 1.82) is 0 Å². The van der Waals surface area contributed by atoms with E-state index in [-0.39, 0.29) is 5.78 Å². The molecule has 1 radical (unpaired) electrons. The van der Waals surface area contributed by atoms with Crippen molar-refractivity contribution in [2.24, 2.45) is 5.10 Å². The van der Waals surface area contributed by atoms with Gasteiger partial charge in [0.05, 0.1) is 11.9 Å². The van der Waals surface area contributed by atoms with E-state index in [0.717, 1.165) is 40.8 Å². The van der Waals surface area contributed by atoms with E-state index in [2.05, 4.69) is 23.5 Å².